The normalized spacial score (nSPS) is 17.6. The van der Waals surface area contributed by atoms with E-state index < -0.39 is 16.3 Å². The van der Waals surface area contributed by atoms with Gasteiger partial charge in [0.25, 0.3) is 0 Å². The van der Waals surface area contributed by atoms with E-state index in [4.69, 9.17) is 0 Å². The van der Waals surface area contributed by atoms with Crippen LogP contribution in [0.1, 0.15) is 13.8 Å². The van der Waals surface area contributed by atoms with E-state index in [2.05, 4.69) is 4.74 Å². The molecule has 0 spiro atoms. The molecule has 0 atom stereocenters. The van der Waals surface area contributed by atoms with Crippen LogP contribution in [-0.4, -0.2) is 49.4 Å². The number of amides is 1. The molecule has 82 valence electrons. The zero-order valence-corrected chi connectivity index (χ0v) is 9.08. The standard InChI is InChI=1S/C7H14N2O4S/c1-3-8(4-2)14(11,12)9-5-6-13-7(9)10/h3-6H2,1-2H3. The lowest BCUT2D eigenvalue weighted by atomic mass is 10.7. The number of carbonyl (C=O) groups is 1. The average molecular weight is 222 g/mol. The van der Waals surface area contributed by atoms with E-state index >= 15 is 0 Å². The van der Waals surface area contributed by atoms with Crippen molar-refractivity contribution in [2.75, 3.05) is 26.2 Å². The van der Waals surface area contributed by atoms with Gasteiger partial charge in [-0.3, -0.25) is 0 Å². The predicted octanol–water partition coefficient (Wildman–Crippen LogP) is 0.0252. The summed E-state index contributed by atoms with van der Waals surface area (Å²) >= 11 is 0. The zero-order chi connectivity index (χ0) is 10.8. The number of hydrogen-bond donors (Lipinski definition) is 0. The highest BCUT2D eigenvalue weighted by Gasteiger charge is 2.36. The first-order chi connectivity index (χ1) is 6.54. The fraction of sp³-hybridized carbons (Fsp3) is 0.857. The first kappa shape index (κ1) is 11.3. The SMILES string of the molecule is CCN(CC)S(=O)(=O)N1CCOC1=O. The summed E-state index contributed by atoms with van der Waals surface area (Å²) in [5, 5.41) is 0. The number of ether oxygens (including phenoxy) is 1. The van der Waals surface area contributed by atoms with E-state index in [1.165, 1.54) is 4.31 Å². The number of nitrogens with zero attached hydrogens (tertiary/aromatic N) is 2. The molecule has 0 unspecified atom stereocenters. The van der Waals surface area contributed by atoms with Gasteiger partial charge in [0.15, 0.2) is 0 Å². The third kappa shape index (κ3) is 1.83. The molecular formula is C7H14N2O4S. The van der Waals surface area contributed by atoms with Crippen LogP contribution in [0.15, 0.2) is 0 Å². The number of rotatable bonds is 4. The molecule has 0 aromatic rings. The van der Waals surface area contributed by atoms with Gasteiger partial charge in [-0.25, -0.2) is 4.79 Å². The molecule has 0 N–H and O–H groups in total. The van der Waals surface area contributed by atoms with Crippen molar-refractivity contribution in [3.63, 3.8) is 0 Å². The highest BCUT2D eigenvalue weighted by atomic mass is 32.2. The van der Waals surface area contributed by atoms with Gasteiger partial charge in [0.2, 0.25) is 0 Å². The molecular weight excluding hydrogens is 208 g/mol. The molecule has 0 aromatic heterocycles. The second kappa shape index (κ2) is 4.14. The monoisotopic (exact) mass is 222 g/mol. The molecule has 1 amide bonds. The Balaban J connectivity index is 2.88. The summed E-state index contributed by atoms with van der Waals surface area (Å²) in [5.74, 6) is 0. The van der Waals surface area contributed by atoms with Crippen LogP contribution in [0.5, 0.6) is 0 Å². The van der Waals surface area contributed by atoms with Crippen LogP contribution in [0.2, 0.25) is 0 Å². The third-order valence-electron chi connectivity index (χ3n) is 2.03. The van der Waals surface area contributed by atoms with Crippen molar-refractivity contribution in [1.29, 1.82) is 0 Å². The van der Waals surface area contributed by atoms with Gasteiger partial charge in [-0.2, -0.15) is 17.0 Å². The Hall–Kier alpha value is -0.820. The van der Waals surface area contributed by atoms with Crippen molar-refractivity contribution in [2.45, 2.75) is 13.8 Å². The quantitative estimate of drug-likeness (QED) is 0.672. The predicted molar refractivity (Wildman–Crippen MR) is 49.9 cm³/mol. The fourth-order valence-electron chi connectivity index (χ4n) is 1.28. The van der Waals surface area contributed by atoms with Gasteiger partial charge >= 0.3 is 16.3 Å². The smallest absolute Gasteiger partial charge is 0.424 e. The van der Waals surface area contributed by atoms with Gasteiger partial charge in [0, 0.05) is 13.1 Å². The highest BCUT2D eigenvalue weighted by Crippen LogP contribution is 2.13. The van der Waals surface area contributed by atoms with Crippen LogP contribution in [0.4, 0.5) is 4.79 Å². The van der Waals surface area contributed by atoms with Crippen LogP contribution >= 0.6 is 0 Å². The summed E-state index contributed by atoms with van der Waals surface area (Å²) in [6, 6.07) is 0. The van der Waals surface area contributed by atoms with Crippen molar-refractivity contribution in [3.8, 4) is 0 Å². The van der Waals surface area contributed by atoms with E-state index in [0.29, 0.717) is 13.1 Å². The molecule has 1 fully saturated rings. The van der Waals surface area contributed by atoms with Crippen LogP contribution in [0.25, 0.3) is 0 Å². The highest BCUT2D eigenvalue weighted by molar-refractivity contribution is 7.87. The summed E-state index contributed by atoms with van der Waals surface area (Å²) < 4.78 is 30.1. The molecule has 0 aromatic carbocycles. The van der Waals surface area contributed by atoms with Gasteiger partial charge in [-0.15, -0.1) is 0 Å². The summed E-state index contributed by atoms with van der Waals surface area (Å²) in [5.41, 5.74) is 0. The minimum atomic E-state index is -3.66. The second-order valence-corrected chi connectivity index (χ2v) is 4.63. The lowest BCUT2D eigenvalue weighted by molar-refractivity contribution is 0.169. The van der Waals surface area contributed by atoms with Crippen LogP contribution in [0, 0.1) is 0 Å². The van der Waals surface area contributed by atoms with Crippen molar-refractivity contribution in [1.82, 2.24) is 8.61 Å². The second-order valence-electron chi connectivity index (χ2n) is 2.78. The Morgan fingerprint density at radius 2 is 2.00 bits per heavy atom. The minimum absolute atomic E-state index is 0.109. The number of cyclic esters (lactones) is 1. The van der Waals surface area contributed by atoms with Crippen LogP contribution < -0.4 is 0 Å². The minimum Gasteiger partial charge on any atom is -0.447 e. The number of hydrogen-bond acceptors (Lipinski definition) is 4. The summed E-state index contributed by atoms with van der Waals surface area (Å²) in [7, 11) is -3.66. The van der Waals surface area contributed by atoms with E-state index in [1.807, 2.05) is 0 Å². The van der Waals surface area contributed by atoms with Crippen molar-refractivity contribution in [3.05, 3.63) is 0 Å². The first-order valence-corrected chi connectivity index (χ1v) is 5.88. The van der Waals surface area contributed by atoms with Crippen molar-refractivity contribution >= 4 is 16.3 Å². The van der Waals surface area contributed by atoms with E-state index in [9.17, 15) is 13.2 Å². The molecule has 0 radical (unpaired) electrons. The Kier molecular flexibility index (Phi) is 3.33. The maximum atomic E-state index is 11.8. The lowest BCUT2D eigenvalue weighted by Gasteiger charge is -2.23. The van der Waals surface area contributed by atoms with E-state index in [-0.39, 0.29) is 13.2 Å². The molecule has 0 saturated carbocycles. The van der Waals surface area contributed by atoms with Crippen molar-refractivity contribution in [2.24, 2.45) is 0 Å². The summed E-state index contributed by atoms with van der Waals surface area (Å²) in [4.78, 5) is 11.1. The fourth-order valence-corrected chi connectivity index (χ4v) is 2.76. The van der Waals surface area contributed by atoms with Gasteiger partial charge in [0.1, 0.15) is 6.61 Å². The topological polar surface area (TPSA) is 66.9 Å². The molecule has 1 saturated heterocycles. The average Bonchev–Trinajstić information content (AvgIpc) is 2.53. The first-order valence-electron chi connectivity index (χ1n) is 4.48. The van der Waals surface area contributed by atoms with Gasteiger partial charge in [0.05, 0.1) is 6.54 Å². The third-order valence-corrected chi connectivity index (χ3v) is 4.09. The molecule has 1 aliphatic rings. The Bertz CT molecular complexity index is 310. The van der Waals surface area contributed by atoms with Gasteiger partial charge in [-0.1, -0.05) is 13.8 Å². The maximum Gasteiger partial charge on any atom is 0.424 e. The van der Waals surface area contributed by atoms with E-state index in [1.54, 1.807) is 13.8 Å². The van der Waals surface area contributed by atoms with Crippen LogP contribution in [0.3, 0.4) is 0 Å². The van der Waals surface area contributed by atoms with E-state index in [0.717, 1.165) is 4.31 Å². The Morgan fingerprint density at radius 1 is 1.43 bits per heavy atom. The molecule has 1 rings (SSSR count). The van der Waals surface area contributed by atoms with Gasteiger partial charge < -0.3 is 4.74 Å². The molecule has 14 heavy (non-hydrogen) atoms. The Labute approximate surface area is 83.6 Å². The summed E-state index contributed by atoms with van der Waals surface area (Å²) in [6.07, 6.45) is -0.781. The zero-order valence-electron chi connectivity index (χ0n) is 8.26. The van der Waals surface area contributed by atoms with Gasteiger partial charge in [-0.05, 0) is 0 Å². The molecule has 1 aliphatic heterocycles. The number of carbonyl (C=O) groups excluding carboxylic acids is 1. The molecule has 0 aliphatic carbocycles. The largest absolute Gasteiger partial charge is 0.447 e. The van der Waals surface area contributed by atoms with Crippen molar-refractivity contribution < 1.29 is 17.9 Å². The maximum absolute atomic E-state index is 11.8. The molecule has 0 bridgehead atoms. The molecule has 6 nitrogen and oxygen atoms in total. The molecule has 1 heterocycles. The summed E-state index contributed by atoms with van der Waals surface area (Å²) in [6.45, 7) is 4.40. The molecule has 7 heteroatoms. The lowest BCUT2D eigenvalue weighted by Crippen LogP contribution is -2.44. The Morgan fingerprint density at radius 3 is 2.36 bits per heavy atom. The van der Waals surface area contributed by atoms with Crippen LogP contribution in [-0.2, 0) is 14.9 Å².